The number of carbonyl (C=O) groups excluding carboxylic acids is 2. The number of hydrogen-bond acceptors (Lipinski definition) is 3. The SMILES string of the molecule is O=C1CCCCCCCCCC(=O)OCCCC1. The smallest absolute Gasteiger partial charge is 0.305 e. The van der Waals surface area contributed by atoms with Crippen LogP contribution in [0.4, 0.5) is 0 Å². The van der Waals surface area contributed by atoms with Crippen molar-refractivity contribution in [3.8, 4) is 0 Å². The normalized spacial score (nSPS) is 22.4. The second kappa shape index (κ2) is 10.1. The highest BCUT2D eigenvalue weighted by Gasteiger charge is 2.05. The van der Waals surface area contributed by atoms with Crippen molar-refractivity contribution in [2.24, 2.45) is 0 Å². The average molecular weight is 254 g/mol. The minimum absolute atomic E-state index is 0.0755. The van der Waals surface area contributed by atoms with Gasteiger partial charge in [0.1, 0.15) is 5.78 Å². The summed E-state index contributed by atoms with van der Waals surface area (Å²) in [6.07, 6.45) is 11.6. The highest BCUT2D eigenvalue weighted by Crippen LogP contribution is 2.12. The molecule has 18 heavy (non-hydrogen) atoms. The van der Waals surface area contributed by atoms with Crippen LogP contribution in [0.1, 0.15) is 77.0 Å². The first-order chi connectivity index (χ1) is 8.79. The van der Waals surface area contributed by atoms with Gasteiger partial charge >= 0.3 is 5.97 Å². The summed E-state index contributed by atoms with van der Waals surface area (Å²) in [5.41, 5.74) is 0. The number of hydrogen-bond donors (Lipinski definition) is 0. The van der Waals surface area contributed by atoms with Crippen LogP contribution in [0.25, 0.3) is 0 Å². The molecule has 0 spiro atoms. The van der Waals surface area contributed by atoms with Gasteiger partial charge in [-0.1, -0.05) is 32.1 Å². The van der Waals surface area contributed by atoms with Gasteiger partial charge in [0.2, 0.25) is 0 Å². The number of Topliss-reactive ketones (excluding diaryl/α,β-unsaturated/α-hetero) is 1. The van der Waals surface area contributed by atoms with Gasteiger partial charge in [-0.2, -0.15) is 0 Å². The van der Waals surface area contributed by atoms with E-state index in [1.165, 1.54) is 25.7 Å². The first-order valence-electron chi connectivity index (χ1n) is 7.46. The Balaban J connectivity index is 2.21. The summed E-state index contributed by atoms with van der Waals surface area (Å²) in [6.45, 7) is 0.478. The van der Waals surface area contributed by atoms with Crippen LogP contribution < -0.4 is 0 Å². The molecule has 0 saturated carbocycles. The lowest BCUT2D eigenvalue weighted by molar-refractivity contribution is -0.143. The topological polar surface area (TPSA) is 43.4 Å². The summed E-state index contributed by atoms with van der Waals surface area (Å²) in [5, 5.41) is 0. The van der Waals surface area contributed by atoms with E-state index in [2.05, 4.69) is 0 Å². The van der Waals surface area contributed by atoms with Gasteiger partial charge in [-0.15, -0.1) is 0 Å². The van der Waals surface area contributed by atoms with Gasteiger partial charge in [0, 0.05) is 19.3 Å². The van der Waals surface area contributed by atoms with Crippen molar-refractivity contribution in [3.05, 3.63) is 0 Å². The largest absolute Gasteiger partial charge is 0.466 e. The van der Waals surface area contributed by atoms with Crippen molar-refractivity contribution in [2.45, 2.75) is 77.0 Å². The fourth-order valence-corrected chi connectivity index (χ4v) is 2.28. The Labute approximate surface area is 110 Å². The molecule has 0 unspecified atom stereocenters. The van der Waals surface area contributed by atoms with Crippen LogP contribution >= 0.6 is 0 Å². The van der Waals surface area contributed by atoms with E-state index in [-0.39, 0.29) is 5.97 Å². The summed E-state index contributed by atoms with van der Waals surface area (Å²) in [4.78, 5) is 22.9. The second-order valence-electron chi connectivity index (χ2n) is 5.19. The summed E-state index contributed by atoms with van der Waals surface area (Å²) < 4.78 is 5.13. The highest BCUT2D eigenvalue weighted by molar-refractivity contribution is 5.78. The Hall–Kier alpha value is -0.860. The van der Waals surface area contributed by atoms with E-state index < -0.39 is 0 Å². The first kappa shape index (κ1) is 15.2. The zero-order chi connectivity index (χ0) is 13.1. The van der Waals surface area contributed by atoms with Crippen molar-refractivity contribution >= 4 is 11.8 Å². The number of cyclic esters (lactones) is 1. The molecule has 1 fully saturated rings. The maximum Gasteiger partial charge on any atom is 0.305 e. The molecule has 0 N–H and O–H groups in total. The molecule has 3 nitrogen and oxygen atoms in total. The van der Waals surface area contributed by atoms with Gasteiger partial charge in [-0.25, -0.2) is 0 Å². The molecule has 0 aromatic carbocycles. The summed E-state index contributed by atoms with van der Waals surface area (Å²) in [5.74, 6) is 0.293. The molecule has 1 saturated heterocycles. The molecule has 0 aromatic heterocycles. The van der Waals surface area contributed by atoms with E-state index in [0.717, 1.165) is 38.5 Å². The molecule has 1 heterocycles. The molecule has 1 rings (SSSR count). The second-order valence-corrected chi connectivity index (χ2v) is 5.19. The number of ether oxygens (including phenoxy) is 1. The average Bonchev–Trinajstić information content (AvgIpc) is 2.35. The van der Waals surface area contributed by atoms with Crippen molar-refractivity contribution in [1.29, 1.82) is 0 Å². The highest BCUT2D eigenvalue weighted by atomic mass is 16.5. The number of ketones is 1. The fourth-order valence-electron chi connectivity index (χ4n) is 2.28. The molecule has 0 amide bonds. The van der Waals surface area contributed by atoms with E-state index in [1.807, 2.05) is 0 Å². The van der Waals surface area contributed by atoms with E-state index in [4.69, 9.17) is 4.74 Å². The first-order valence-corrected chi connectivity index (χ1v) is 7.46. The molecule has 1 aliphatic rings. The molecule has 0 atom stereocenters. The van der Waals surface area contributed by atoms with Gasteiger partial charge < -0.3 is 4.74 Å². The summed E-state index contributed by atoms with van der Waals surface area (Å²) in [7, 11) is 0. The summed E-state index contributed by atoms with van der Waals surface area (Å²) >= 11 is 0. The van der Waals surface area contributed by atoms with Gasteiger partial charge in [-0.05, 0) is 25.7 Å². The zero-order valence-electron chi connectivity index (χ0n) is 11.4. The van der Waals surface area contributed by atoms with E-state index in [0.29, 0.717) is 25.2 Å². The maximum absolute atomic E-state index is 11.5. The lowest BCUT2D eigenvalue weighted by atomic mass is 10.0. The van der Waals surface area contributed by atoms with Crippen molar-refractivity contribution in [1.82, 2.24) is 0 Å². The molecule has 3 heteroatoms. The van der Waals surface area contributed by atoms with Gasteiger partial charge in [0.25, 0.3) is 0 Å². The summed E-state index contributed by atoms with van der Waals surface area (Å²) in [6, 6.07) is 0. The number of esters is 1. The lowest BCUT2D eigenvalue weighted by Crippen LogP contribution is -2.06. The Kier molecular flexibility index (Phi) is 8.53. The standard InChI is InChI=1S/C15H26O3/c16-14-10-6-4-2-1-3-5-7-12-15(17)18-13-9-8-11-14/h1-13H2. The number of carbonyl (C=O) groups is 2. The van der Waals surface area contributed by atoms with E-state index in [1.54, 1.807) is 0 Å². The van der Waals surface area contributed by atoms with Crippen LogP contribution in [0.2, 0.25) is 0 Å². The fraction of sp³-hybridized carbons (Fsp3) is 0.867. The molecule has 104 valence electrons. The molecule has 0 radical (unpaired) electrons. The van der Waals surface area contributed by atoms with Crippen molar-refractivity contribution < 1.29 is 14.3 Å². The van der Waals surface area contributed by atoms with Crippen molar-refractivity contribution in [3.63, 3.8) is 0 Å². The van der Waals surface area contributed by atoms with Gasteiger partial charge in [-0.3, -0.25) is 9.59 Å². The minimum atomic E-state index is -0.0755. The molecule has 1 aliphatic heterocycles. The van der Waals surface area contributed by atoms with E-state index >= 15 is 0 Å². The predicted octanol–water partition coefficient (Wildman–Crippen LogP) is 3.79. The Morgan fingerprint density at radius 2 is 1.11 bits per heavy atom. The predicted molar refractivity (Wildman–Crippen MR) is 71.4 cm³/mol. The van der Waals surface area contributed by atoms with Crippen LogP contribution in [0.3, 0.4) is 0 Å². The van der Waals surface area contributed by atoms with Crippen LogP contribution in [-0.4, -0.2) is 18.4 Å². The maximum atomic E-state index is 11.5. The molecule has 0 aromatic rings. The van der Waals surface area contributed by atoms with Crippen LogP contribution in [0, 0.1) is 0 Å². The van der Waals surface area contributed by atoms with Gasteiger partial charge in [0.15, 0.2) is 0 Å². The molecule has 0 aliphatic carbocycles. The third kappa shape index (κ3) is 8.26. The molecule has 0 bridgehead atoms. The van der Waals surface area contributed by atoms with Gasteiger partial charge in [0.05, 0.1) is 6.61 Å². The van der Waals surface area contributed by atoms with Crippen LogP contribution in [0.15, 0.2) is 0 Å². The Bertz CT molecular complexity index is 224. The number of rotatable bonds is 0. The third-order valence-electron chi connectivity index (χ3n) is 3.45. The van der Waals surface area contributed by atoms with Crippen LogP contribution in [-0.2, 0) is 14.3 Å². The van der Waals surface area contributed by atoms with Crippen molar-refractivity contribution in [2.75, 3.05) is 6.61 Å². The third-order valence-corrected chi connectivity index (χ3v) is 3.45. The molecular formula is C15H26O3. The molecular weight excluding hydrogens is 228 g/mol. The Morgan fingerprint density at radius 3 is 1.78 bits per heavy atom. The Morgan fingerprint density at radius 1 is 0.611 bits per heavy atom. The lowest BCUT2D eigenvalue weighted by Gasteiger charge is -2.06. The van der Waals surface area contributed by atoms with E-state index in [9.17, 15) is 9.59 Å². The monoisotopic (exact) mass is 254 g/mol. The minimum Gasteiger partial charge on any atom is -0.466 e. The van der Waals surface area contributed by atoms with Crippen LogP contribution in [0.5, 0.6) is 0 Å². The zero-order valence-corrected chi connectivity index (χ0v) is 11.4. The quantitative estimate of drug-likeness (QED) is 0.618.